The van der Waals surface area contributed by atoms with E-state index >= 15 is 0 Å². The normalized spacial score (nSPS) is 17.8. The van der Waals surface area contributed by atoms with Crippen LogP contribution in [0.5, 0.6) is 5.75 Å². The van der Waals surface area contributed by atoms with Gasteiger partial charge in [-0.1, -0.05) is 17.7 Å². The molecule has 1 atom stereocenters. The molecule has 3 nitrogen and oxygen atoms in total. The Labute approximate surface area is 134 Å². The van der Waals surface area contributed by atoms with Gasteiger partial charge in [0.2, 0.25) is 0 Å². The number of phenolic OH excluding ortho intramolecular Hbond substituents is 1. The largest absolute Gasteiger partial charge is 0.508 e. The van der Waals surface area contributed by atoms with E-state index < -0.39 is 18.6 Å². The highest BCUT2D eigenvalue weighted by atomic mass is 35.5. The number of hydrogen-bond acceptors (Lipinski definition) is 3. The molecule has 1 aliphatic heterocycles. The second kappa shape index (κ2) is 8.04. The number of hydrogen-bond donors (Lipinski definition) is 2. The number of benzene rings is 1. The Morgan fingerprint density at radius 1 is 1.27 bits per heavy atom. The van der Waals surface area contributed by atoms with Gasteiger partial charge in [-0.3, -0.25) is 4.90 Å². The monoisotopic (exact) mass is 338 g/mol. The molecule has 0 aromatic heterocycles. The highest BCUT2D eigenvalue weighted by Gasteiger charge is 2.32. The van der Waals surface area contributed by atoms with Crippen LogP contribution in [0.3, 0.4) is 0 Å². The van der Waals surface area contributed by atoms with Gasteiger partial charge in [0.1, 0.15) is 5.75 Å². The molecule has 0 bridgehead atoms. The van der Waals surface area contributed by atoms with E-state index in [1.165, 1.54) is 0 Å². The van der Waals surface area contributed by atoms with Crippen molar-refractivity contribution in [3.8, 4) is 5.75 Å². The van der Waals surface area contributed by atoms with Crippen molar-refractivity contribution in [2.24, 2.45) is 0 Å². The fourth-order valence-corrected chi connectivity index (χ4v) is 2.77. The summed E-state index contributed by atoms with van der Waals surface area (Å²) in [5, 5.41) is 13.2. The predicted molar refractivity (Wildman–Crippen MR) is 82.6 cm³/mol. The fourth-order valence-electron chi connectivity index (χ4n) is 2.77. The number of rotatable bonds is 4. The lowest BCUT2D eigenvalue weighted by atomic mass is 9.97. The maximum atomic E-state index is 12.6. The van der Waals surface area contributed by atoms with E-state index in [1.54, 1.807) is 18.2 Å². The van der Waals surface area contributed by atoms with Crippen molar-refractivity contribution in [1.29, 1.82) is 0 Å². The third-order valence-corrected chi connectivity index (χ3v) is 3.84. The zero-order chi connectivity index (χ0) is 15.5. The van der Waals surface area contributed by atoms with Crippen LogP contribution in [0, 0.1) is 6.92 Å². The van der Waals surface area contributed by atoms with Crippen LogP contribution in [-0.4, -0.2) is 42.4 Å². The van der Waals surface area contributed by atoms with Gasteiger partial charge in [0.25, 0.3) is 0 Å². The molecule has 0 amide bonds. The number of phenols is 1. The molecule has 7 heteroatoms. The third-order valence-electron chi connectivity index (χ3n) is 3.84. The van der Waals surface area contributed by atoms with Crippen LogP contribution in [-0.2, 0) is 0 Å². The molecule has 22 heavy (non-hydrogen) atoms. The Kier molecular flexibility index (Phi) is 6.97. The van der Waals surface area contributed by atoms with Gasteiger partial charge in [-0.05, 0) is 19.4 Å². The summed E-state index contributed by atoms with van der Waals surface area (Å²) in [4.78, 5) is 2.02. The average Bonchev–Trinajstić information content (AvgIpc) is 2.43. The van der Waals surface area contributed by atoms with Crippen molar-refractivity contribution in [1.82, 2.24) is 10.2 Å². The molecule has 1 heterocycles. The van der Waals surface area contributed by atoms with Crippen LogP contribution in [0.2, 0.25) is 0 Å². The van der Waals surface area contributed by atoms with Crippen LogP contribution in [0.1, 0.15) is 30.0 Å². The number of aryl methyl sites for hydroxylation is 1. The van der Waals surface area contributed by atoms with E-state index in [-0.39, 0.29) is 24.6 Å². The highest BCUT2D eigenvalue weighted by molar-refractivity contribution is 5.85. The lowest BCUT2D eigenvalue weighted by Gasteiger charge is -2.35. The standard InChI is InChI=1S/C15H21F3N2O.ClH/c1-11-2-3-14(21)12(10-11)13(4-5-15(16,17)18)20-8-6-19-7-9-20;/h2-3,10,13,19,21H,4-9H2,1H3;1H/t13-;/m1./s1. The summed E-state index contributed by atoms with van der Waals surface area (Å²) >= 11 is 0. The van der Waals surface area contributed by atoms with Gasteiger partial charge in [-0.15, -0.1) is 12.4 Å². The topological polar surface area (TPSA) is 35.5 Å². The van der Waals surface area contributed by atoms with E-state index in [4.69, 9.17) is 0 Å². The molecule has 1 aliphatic rings. The molecule has 2 rings (SSSR count). The highest BCUT2D eigenvalue weighted by Crippen LogP contribution is 2.36. The molecule has 0 unspecified atom stereocenters. The van der Waals surface area contributed by atoms with Crippen molar-refractivity contribution >= 4 is 12.4 Å². The van der Waals surface area contributed by atoms with Gasteiger partial charge >= 0.3 is 6.18 Å². The third kappa shape index (κ3) is 5.34. The Balaban J connectivity index is 0.00000242. The summed E-state index contributed by atoms with van der Waals surface area (Å²) in [5.74, 6) is 0.0753. The Hall–Kier alpha value is -0.980. The van der Waals surface area contributed by atoms with E-state index in [9.17, 15) is 18.3 Å². The molecule has 1 saturated heterocycles. The molecule has 1 fully saturated rings. The summed E-state index contributed by atoms with van der Waals surface area (Å²) in [6, 6.07) is 4.72. The number of aromatic hydroxyl groups is 1. The first-order chi connectivity index (χ1) is 9.87. The van der Waals surface area contributed by atoms with Crippen molar-refractivity contribution in [3.63, 3.8) is 0 Å². The molecule has 0 saturated carbocycles. The number of nitrogens with zero attached hydrogens (tertiary/aromatic N) is 1. The van der Waals surface area contributed by atoms with Gasteiger partial charge in [0.05, 0.1) is 0 Å². The molecule has 2 N–H and O–H groups in total. The maximum absolute atomic E-state index is 12.6. The molecule has 1 aromatic rings. The SMILES string of the molecule is Cc1ccc(O)c([C@@H](CCC(F)(F)F)N2CCNCC2)c1.Cl. The van der Waals surface area contributed by atoms with Crippen molar-refractivity contribution in [3.05, 3.63) is 29.3 Å². The number of nitrogens with one attached hydrogen (secondary N) is 1. The first kappa shape index (κ1) is 19.1. The second-order valence-corrected chi connectivity index (χ2v) is 5.52. The van der Waals surface area contributed by atoms with Gasteiger partial charge in [-0.25, -0.2) is 0 Å². The minimum atomic E-state index is -4.17. The molecular weight excluding hydrogens is 317 g/mol. The van der Waals surface area contributed by atoms with Crippen molar-refractivity contribution in [2.45, 2.75) is 32.0 Å². The van der Waals surface area contributed by atoms with Crippen LogP contribution < -0.4 is 5.32 Å². The van der Waals surface area contributed by atoms with Crippen LogP contribution in [0.15, 0.2) is 18.2 Å². The van der Waals surface area contributed by atoms with Crippen LogP contribution >= 0.6 is 12.4 Å². The molecule has 0 spiro atoms. The summed E-state index contributed by atoms with van der Waals surface area (Å²) in [6.45, 7) is 4.78. The molecule has 1 aromatic carbocycles. The molecule has 0 radical (unpaired) electrons. The Morgan fingerprint density at radius 3 is 2.50 bits per heavy atom. The zero-order valence-electron chi connectivity index (χ0n) is 12.5. The van der Waals surface area contributed by atoms with Crippen LogP contribution in [0.4, 0.5) is 13.2 Å². The summed E-state index contributed by atoms with van der Waals surface area (Å²) in [7, 11) is 0. The second-order valence-electron chi connectivity index (χ2n) is 5.52. The van der Waals surface area contributed by atoms with E-state index in [0.29, 0.717) is 18.7 Å². The van der Waals surface area contributed by atoms with Crippen molar-refractivity contribution < 1.29 is 18.3 Å². The smallest absolute Gasteiger partial charge is 0.389 e. The van der Waals surface area contributed by atoms with Gasteiger partial charge in [0.15, 0.2) is 0 Å². The van der Waals surface area contributed by atoms with E-state index in [0.717, 1.165) is 18.7 Å². The molecule has 0 aliphatic carbocycles. The maximum Gasteiger partial charge on any atom is 0.389 e. The summed E-state index contributed by atoms with van der Waals surface area (Å²) in [5.41, 5.74) is 1.54. The summed E-state index contributed by atoms with van der Waals surface area (Å²) in [6.07, 6.45) is -5.04. The first-order valence-corrected chi connectivity index (χ1v) is 7.18. The van der Waals surface area contributed by atoms with Gasteiger partial charge < -0.3 is 10.4 Å². The van der Waals surface area contributed by atoms with E-state index in [1.807, 2.05) is 11.8 Å². The minimum absolute atomic E-state index is 0. The summed E-state index contributed by atoms with van der Waals surface area (Å²) < 4.78 is 37.8. The Bertz CT molecular complexity index is 476. The van der Waals surface area contributed by atoms with Crippen molar-refractivity contribution in [2.75, 3.05) is 26.2 Å². The zero-order valence-corrected chi connectivity index (χ0v) is 13.3. The van der Waals surface area contributed by atoms with Crippen LogP contribution in [0.25, 0.3) is 0 Å². The van der Waals surface area contributed by atoms with Gasteiger partial charge in [-0.2, -0.15) is 13.2 Å². The Morgan fingerprint density at radius 2 is 1.91 bits per heavy atom. The lowest BCUT2D eigenvalue weighted by molar-refractivity contribution is -0.138. The number of piperazine rings is 1. The average molecular weight is 339 g/mol. The molecule has 126 valence electrons. The number of halogens is 4. The quantitative estimate of drug-likeness (QED) is 0.883. The van der Waals surface area contributed by atoms with Gasteiger partial charge in [0, 0.05) is 44.2 Å². The minimum Gasteiger partial charge on any atom is -0.508 e. The fraction of sp³-hybridized carbons (Fsp3) is 0.600. The predicted octanol–water partition coefficient (Wildman–Crippen LogP) is 3.41. The first-order valence-electron chi connectivity index (χ1n) is 7.18. The number of alkyl halides is 3. The molecular formula is C15H22ClF3N2O. The lowest BCUT2D eigenvalue weighted by Crippen LogP contribution is -2.45. The van der Waals surface area contributed by atoms with E-state index in [2.05, 4.69) is 5.32 Å².